The smallest absolute Gasteiger partial charge is 0.242 e. The van der Waals surface area contributed by atoms with Crippen LogP contribution in [0.1, 0.15) is 34.6 Å². The van der Waals surface area contributed by atoms with Gasteiger partial charge in [-0.05, 0) is 37.8 Å². The number of benzene rings is 1. The molecule has 1 aromatic rings. The van der Waals surface area contributed by atoms with Gasteiger partial charge in [0.1, 0.15) is 4.90 Å². The normalized spacial score (nSPS) is 13.8. The number of anilines is 1. The van der Waals surface area contributed by atoms with Crippen molar-refractivity contribution in [3.05, 3.63) is 24.3 Å². The van der Waals surface area contributed by atoms with E-state index in [0.29, 0.717) is 22.4 Å². The third kappa shape index (κ3) is 4.80. The summed E-state index contributed by atoms with van der Waals surface area (Å²) in [6.45, 7) is 10.9. The van der Waals surface area contributed by atoms with Gasteiger partial charge in [-0.3, -0.25) is 0 Å². The lowest BCUT2D eigenvalue weighted by molar-refractivity contribution is 0.439. The van der Waals surface area contributed by atoms with Gasteiger partial charge in [0.25, 0.3) is 0 Å². The second kappa shape index (κ2) is 7.09. The van der Waals surface area contributed by atoms with Gasteiger partial charge in [-0.1, -0.05) is 32.9 Å². The van der Waals surface area contributed by atoms with E-state index >= 15 is 0 Å². The van der Waals surface area contributed by atoms with Gasteiger partial charge < -0.3 is 5.32 Å². The van der Waals surface area contributed by atoms with Crippen molar-refractivity contribution < 1.29 is 8.42 Å². The lowest BCUT2D eigenvalue weighted by atomic mass is 9.98. The van der Waals surface area contributed by atoms with Gasteiger partial charge in [-0.25, -0.2) is 13.1 Å². The average Bonchev–Trinajstić information content (AvgIpc) is 2.34. The van der Waals surface area contributed by atoms with E-state index in [2.05, 4.69) is 30.8 Å². The molecule has 0 heterocycles. The molecule has 2 N–H and O–H groups in total. The van der Waals surface area contributed by atoms with Gasteiger partial charge in [0.2, 0.25) is 10.0 Å². The van der Waals surface area contributed by atoms with E-state index in [1.54, 1.807) is 12.1 Å². The molecular weight excluding hydrogens is 272 g/mol. The molecule has 0 bridgehead atoms. The molecular formula is C15H26N2O2S. The maximum absolute atomic E-state index is 12.3. The topological polar surface area (TPSA) is 58.2 Å². The van der Waals surface area contributed by atoms with Crippen LogP contribution >= 0.6 is 0 Å². The molecule has 1 atom stereocenters. The Kier molecular flexibility index (Phi) is 6.02. The van der Waals surface area contributed by atoms with Gasteiger partial charge in [-0.15, -0.1) is 0 Å². The molecule has 0 aliphatic heterocycles. The first kappa shape index (κ1) is 17.0. The van der Waals surface area contributed by atoms with Crippen molar-refractivity contribution in [1.82, 2.24) is 4.72 Å². The van der Waals surface area contributed by atoms with Crippen LogP contribution in [0.25, 0.3) is 0 Å². The summed E-state index contributed by atoms with van der Waals surface area (Å²) in [4.78, 5) is 0.310. The van der Waals surface area contributed by atoms with Gasteiger partial charge >= 0.3 is 0 Å². The Morgan fingerprint density at radius 3 is 2.20 bits per heavy atom. The molecule has 0 aromatic heterocycles. The highest BCUT2D eigenvalue weighted by Crippen LogP contribution is 2.22. The first-order valence-corrected chi connectivity index (χ1v) is 8.57. The van der Waals surface area contributed by atoms with E-state index in [-0.39, 0.29) is 6.04 Å². The molecule has 0 fully saturated rings. The highest BCUT2D eigenvalue weighted by molar-refractivity contribution is 7.89. The Hall–Kier alpha value is -1.07. The number of para-hydroxylation sites is 1. The number of sulfonamides is 1. The molecule has 114 valence electrons. The highest BCUT2D eigenvalue weighted by atomic mass is 32.2. The predicted octanol–water partition coefficient (Wildman–Crippen LogP) is 3.08. The monoisotopic (exact) mass is 298 g/mol. The first-order chi connectivity index (χ1) is 9.24. The average molecular weight is 298 g/mol. The molecule has 0 aliphatic carbocycles. The summed E-state index contributed by atoms with van der Waals surface area (Å²) in [5.41, 5.74) is 0.660. The van der Waals surface area contributed by atoms with Gasteiger partial charge in [0, 0.05) is 12.6 Å². The number of rotatable bonds is 7. The summed E-state index contributed by atoms with van der Waals surface area (Å²) in [5, 5.41) is 3.25. The van der Waals surface area contributed by atoms with Crippen LogP contribution in [-0.2, 0) is 10.0 Å². The lowest BCUT2D eigenvalue weighted by Gasteiger charge is -2.19. The zero-order chi connectivity index (χ0) is 15.3. The fourth-order valence-corrected chi connectivity index (χ4v) is 3.16. The van der Waals surface area contributed by atoms with Gasteiger partial charge in [0.05, 0.1) is 5.69 Å². The molecule has 0 spiro atoms. The third-order valence-electron chi connectivity index (χ3n) is 3.32. The summed E-state index contributed by atoms with van der Waals surface area (Å²) in [7, 11) is -3.47. The minimum Gasteiger partial charge on any atom is -0.384 e. The molecule has 1 aromatic carbocycles. The Bertz CT molecular complexity index is 524. The van der Waals surface area contributed by atoms with Crippen LogP contribution in [0.15, 0.2) is 29.2 Å². The zero-order valence-corrected chi connectivity index (χ0v) is 13.8. The largest absolute Gasteiger partial charge is 0.384 e. The van der Waals surface area contributed by atoms with Crippen molar-refractivity contribution in [3.63, 3.8) is 0 Å². The first-order valence-electron chi connectivity index (χ1n) is 7.09. The van der Waals surface area contributed by atoms with E-state index in [4.69, 9.17) is 0 Å². The Morgan fingerprint density at radius 1 is 1.05 bits per heavy atom. The summed E-state index contributed by atoms with van der Waals surface area (Å²) >= 11 is 0. The fourth-order valence-electron chi connectivity index (χ4n) is 1.73. The minimum atomic E-state index is -3.47. The summed E-state index contributed by atoms with van der Waals surface area (Å²) in [6.07, 6.45) is 0. The Morgan fingerprint density at radius 2 is 1.65 bits per heavy atom. The molecule has 0 saturated carbocycles. The second-order valence-electron chi connectivity index (χ2n) is 5.87. The van der Waals surface area contributed by atoms with Crippen LogP contribution in [-0.4, -0.2) is 21.0 Å². The summed E-state index contributed by atoms with van der Waals surface area (Å²) in [5.74, 6) is 1.03. The van der Waals surface area contributed by atoms with E-state index in [9.17, 15) is 8.42 Å². The molecule has 1 unspecified atom stereocenters. The van der Waals surface area contributed by atoms with E-state index < -0.39 is 10.0 Å². The molecule has 0 saturated heterocycles. The molecule has 4 nitrogen and oxygen atoms in total. The SMILES string of the molecule is CC(C)NS(=O)(=O)c1ccccc1NCC(C)C(C)C. The summed E-state index contributed by atoms with van der Waals surface area (Å²) < 4.78 is 27.2. The lowest BCUT2D eigenvalue weighted by Crippen LogP contribution is -2.31. The minimum absolute atomic E-state index is 0.123. The van der Waals surface area contributed by atoms with Gasteiger partial charge in [-0.2, -0.15) is 0 Å². The van der Waals surface area contributed by atoms with Crippen molar-refractivity contribution in [2.75, 3.05) is 11.9 Å². The third-order valence-corrected chi connectivity index (χ3v) is 5.04. The van der Waals surface area contributed by atoms with Crippen LogP contribution in [0.2, 0.25) is 0 Å². The number of hydrogen-bond donors (Lipinski definition) is 2. The standard InChI is InChI=1S/C15H26N2O2S/c1-11(2)13(5)10-16-14-8-6-7-9-15(14)20(18,19)17-12(3)4/h6-9,11-13,16-17H,10H2,1-5H3. The van der Waals surface area contributed by atoms with E-state index in [1.807, 2.05) is 26.0 Å². The number of nitrogens with one attached hydrogen (secondary N) is 2. The maximum atomic E-state index is 12.3. The summed E-state index contributed by atoms with van der Waals surface area (Å²) in [6, 6.07) is 6.90. The zero-order valence-electron chi connectivity index (χ0n) is 13.0. The Labute approximate surface area is 123 Å². The molecule has 0 radical (unpaired) electrons. The van der Waals surface area contributed by atoms with Crippen molar-refractivity contribution in [2.24, 2.45) is 11.8 Å². The predicted molar refractivity (Wildman–Crippen MR) is 84.4 cm³/mol. The van der Waals surface area contributed by atoms with Crippen molar-refractivity contribution in [2.45, 2.75) is 45.6 Å². The maximum Gasteiger partial charge on any atom is 0.242 e. The molecule has 0 amide bonds. The van der Waals surface area contributed by atoms with E-state index in [0.717, 1.165) is 6.54 Å². The van der Waals surface area contributed by atoms with E-state index in [1.165, 1.54) is 0 Å². The van der Waals surface area contributed by atoms with Crippen LogP contribution in [0.5, 0.6) is 0 Å². The second-order valence-corrected chi connectivity index (χ2v) is 7.56. The van der Waals surface area contributed by atoms with Gasteiger partial charge in [0.15, 0.2) is 0 Å². The quantitative estimate of drug-likeness (QED) is 0.813. The highest BCUT2D eigenvalue weighted by Gasteiger charge is 2.19. The van der Waals surface area contributed by atoms with Crippen LogP contribution in [0, 0.1) is 11.8 Å². The van der Waals surface area contributed by atoms with Crippen molar-refractivity contribution >= 4 is 15.7 Å². The molecule has 20 heavy (non-hydrogen) atoms. The van der Waals surface area contributed by atoms with Crippen molar-refractivity contribution in [1.29, 1.82) is 0 Å². The fraction of sp³-hybridized carbons (Fsp3) is 0.600. The van der Waals surface area contributed by atoms with Crippen LogP contribution in [0.3, 0.4) is 0 Å². The molecule has 5 heteroatoms. The molecule has 0 aliphatic rings. The number of hydrogen-bond acceptors (Lipinski definition) is 3. The Balaban J connectivity index is 2.94. The van der Waals surface area contributed by atoms with Crippen LogP contribution in [0.4, 0.5) is 5.69 Å². The van der Waals surface area contributed by atoms with Crippen LogP contribution < -0.4 is 10.0 Å². The molecule has 1 rings (SSSR count). The van der Waals surface area contributed by atoms with Crippen molar-refractivity contribution in [3.8, 4) is 0 Å².